The van der Waals surface area contributed by atoms with E-state index in [9.17, 15) is 18.0 Å². The van der Waals surface area contributed by atoms with E-state index in [1.807, 2.05) is 30.3 Å². The SMILES string of the molecule is COc1ccc(NC(=O)COC(=O)C2(c3ccccc3)CC2)cc1S(=O)(=O)N1CCCCC1. The highest BCUT2D eigenvalue weighted by Crippen LogP contribution is 2.49. The fourth-order valence-electron chi connectivity index (χ4n) is 4.16. The summed E-state index contributed by atoms with van der Waals surface area (Å²) in [7, 11) is -2.35. The second kappa shape index (κ2) is 9.52. The molecule has 1 aliphatic carbocycles. The molecule has 2 fully saturated rings. The first-order valence-electron chi connectivity index (χ1n) is 11.1. The lowest BCUT2D eigenvalue weighted by Crippen LogP contribution is -2.35. The Kier molecular flexibility index (Phi) is 6.71. The molecule has 1 heterocycles. The summed E-state index contributed by atoms with van der Waals surface area (Å²) in [6.07, 6.45) is 4.01. The molecule has 1 saturated heterocycles. The maximum atomic E-state index is 13.1. The monoisotopic (exact) mass is 472 g/mol. The highest BCUT2D eigenvalue weighted by Gasteiger charge is 2.52. The molecule has 4 rings (SSSR count). The average Bonchev–Trinajstić information content (AvgIpc) is 3.66. The topological polar surface area (TPSA) is 102 Å². The van der Waals surface area contributed by atoms with Crippen molar-refractivity contribution in [1.82, 2.24) is 4.31 Å². The van der Waals surface area contributed by atoms with Crippen molar-refractivity contribution in [3.05, 3.63) is 54.1 Å². The lowest BCUT2D eigenvalue weighted by Gasteiger charge is -2.26. The van der Waals surface area contributed by atoms with E-state index in [-0.39, 0.29) is 16.3 Å². The predicted molar refractivity (Wildman–Crippen MR) is 123 cm³/mol. The van der Waals surface area contributed by atoms with E-state index in [2.05, 4.69) is 5.32 Å². The molecule has 1 saturated carbocycles. The Balaban J connectivity index is 1.42. The maximum Gasteiger partial charge on any atom is 0.317 e. The van der Waals surface area contributed by atoms with Crippen molar-refractivity contribution in [2.24, 2.45) is 0 Å². The zero-order valence-corrected chi connectivity index (χ0v) is 19.4. The molecule has 0 bridgehead atoms. The van der Waals surface area contributed by atoms with Gasteiger partial charge < -0.3 is 14.8 Å². The van der Waals surface area contributed by atoms with E-state index >= 15 is 0 Å². The van der Waals surface area contributed by atoms with Crippen LogP contribution in [-0.2, 0) is 29.8 Å². The maximum absolute atomic E-state index is 13.1. The summed E-state index contributed by atoms with van der Waals surface area (Å²) in [5.41, 5.74) is 0.506. The van der Waals surface area contributed by atoms with E-state index in [0.717, 1.165) is 24.8 Å². The smallest absolute Gasteiger partial charge is 0.317 e. The van der Waals surface area contributed by atoms with Gasteiger partial charge in [0.2, 0.25) is 10.0 Å². The normalized spacial score (nSPS) is 17.7. The number of esters is 1. The van der Waals surface area contributed by atoms with E-state index in [1.165, 1.54) is 23.5 Å². The van der Waals surface area contributed by atoms with Crippen LogP contribution in [-0.4, -0.2) is 51.4 Å². The van der Waals surface area contributed by atoms with Crippen LogP contribution < -0.4 is 10.1 Å². The number of carbonyl (C=O) groups excluding carboxylic acids is 2. The van der Waals surface area contributed by atoms with Crippen LogP contribution in [0.4, 0.5) is 5.69 Å². The molecule has 0 atom stereocenters. The van der Waals surface area contributed by atoms with Crippen LogP contribution >= 0.6 is 0 Å². The molecular weight excluding hydrogens is 444 g/mol. The fourth-order valence-corrected chi connectivity index (χ4v) is 5.86. The van der Waals surface area contributed by atoms with Gasteiger partial charge in [-0.2, -0.15) is 4.31 Å². The van der Waals surface area contributed by atoms with E-state index < -0.39 is 33.9 Å². The van der Waals surface area contributed by atoms with Gasteiger partial charge in [-0.1, -0.05) is 36.8 Å². The van der Waals surface area contributed by atoms with Crippen molar-refractivity contribution in [1.29, 1.82) is 0 Å². The predicted octanol–water partition coefficient (Wildman–Crippen LogP) is 3.08. The minimum Gasteiger partial charge on any atom is -0.495 e. The summed E-state index contributed by atoms with van der Waals surface area (Å²) in [4.78, 5) is 25.1. The second-order valence-corrected chi connectivity index (χ2v) is 10.3. The van der Waals surface area contributed by atoms with Crippen molar-refractivity contribution in [3.63, 3.8) is 0 Å². The summed E-state index contributed by atoms with van der Waals surface area (Å²) in [6, 6.07) is 13.8. The van der Waals surface area contributed by atoms with Crippen molar-refractivity contribution in [3.8, 4) is 5.75 Å². The van der Waals surface area contributed by atoms with Crippen molar-refractivity contribution in [2.45, 2.75) is 42.4 Å². The first-order chi connectivity index (χ1) is 15.9. The largest absolute Gasteiger partial charge is 0.495 e. The van der Waals surface area contributed by atoms with Crippen LogP contribution in [0.2, 0.25) is 0 Å². The van der Waals surface area contributed by atoms with Gasteiger partial charge in [0.1, 0.15) is 10.6 Å². The zero-order chi connectivity index (χ0) is 23.5. The summed E-state index contributed by atoms with van der Waals surface area (Å²) in [5.74, 6) is -0.755. The summed E-state index contributed by atoms with van der Waals surface area (Å²) in [6.45, 7) is 0.468. The molecule has 1 amide bonds. The molecule has 1 aliphatic heterocycles. The lowest BCUT2D eigenvalue weighted by atomic mass is 9.96. The zero-order valence-electron chi connectivity index (χ0n) is 18.6. The Labute approximate surface area is 193 Å². The number of piperidine rings is 1. The Morgan fingerprint density at radius 1 is 1.03 bits per heavy atom. The van der Waals surface area contributed by atoms with Gasteiger partial charge in [-0.3, -0.25) is 9.59 Å². The first-order valence-corrected chi connectivity index (χ1v) is 12.5. The number of nitrogens with one attached hydrogen (secondary N) is 1. The minimum atomic E-state index is -3.76. The third kappa shape index (κ3) is 4.89. The quantitative estimate of drug-likeness (QED) is 0.593. The van der Waals surface area contributed by atoms with Crippen molar-refractivity contribution in [2.75, 3.05) is 32.1 Å². The van der Waals surface area contributed by atoms with Crippen molar-refractivity contribution < 1.29 is 27.5 Å². The van der Waals surface area contributed by atoms with Gasteiger partial charge in [-0.25, -0.2) is 8.42 Å². The van der Waals surface area contributed by atoms with E-state index in [0.29, 0.717) is 25.9 Å². The first kappa shape index (κ1) is 23.3. The molecule has 8 nitrogen and oxygen atoms in total. The summed E-state index contributed by atoms with van der Waals surface area (Å²) in [5, 5.41) is 2.62. The molecular formula is C24H28N2O6S. The van der Waals surface area contributed by atoms with Gasteiger partial charge >= 0.3 is 5.97 Å². The molecule has 176 valence electrons. The molecule has 1 N–H and O–H groups in total. The van der Waals surface area contributed by atoms with Crippen LogP contribution in [0.3, 0.4) is 0 Å². The van der Waals surface area contributed by atoms with Gasteiger partial charge in [-0.05, 0) is 49.4 Å². The number of sulfonamides is 1. The molecule has 2 aromatic carbocycles. The van der Waals surface area contributed by atoms with Gasteiger partial charge in [0.25, 0.3) is 5.91 Å². The number of nitrogens with zero attached hydrogens (tertiary/aromatic N) is 1. The van der Waals surface area contributed by atoms with Crippen LogP contribution in [0.1, 0.15) is 37.7 Å². The molecule has 0 unspecified atom stereocenters. The molecule has 33 heavy (non-hydrogen) atoms. The van der Waals surface area contributed by atoms with Crippen molar-refractivity contribution >= 4 is 27.6 Å². The number of carbonyl (C=O) groups is 2. The Bertz CT molecular complexity index is 1120. The third-order valence-corrected chi connectivity index (χ3v) is 8.10. The molecule has 0 radical (unpaired) electrons. The van der Waals surface area contributed by atoms with Gasteiger partial charge in [0, 0.05) is 18.8 Å². The van der Waals surface area contributed by atoms with Crippen LogP contribution in [0, 0.1) is 0 Å². The van der Waals surface area contributed by atoms with Gasteiger partial charge in [0.15, 0.2) is 6.61 Å². The second-order valence-electron chi connectivity index (χ2n) is 8.40. The van der Waals surface area contributed by atoms with Crippen LogP contribution in [0.15, 0.2) is 53.4 Å². The number of ether oxygens (including phenoxy) is 2. The third-order valence-electron chi connectivity index (χ3n) is 6.18. The summed E-state index contributed by atoms with van der Waals surface area (Å²) >= 11 is 0. The van der Waals surface area contributed by atoms with E-state index in [1.54, 1.807) is 6.07 Å². The van der Waals surface area contributed by atoms with E-state index in [4.69, 9.17) is 9.47 Å². The number of methoxy groups -OCH3 is 1. The molecule has 9 heteroatoms. The minimum absolute atomic E-state index is 0.00251. The number of rotatable bonds is 8. The molecule has 2 aliphatic rings. The molecule has 0 spiro atoms. The highest BCUT2D eigenvalue weighted by molar-refractivity contribution is 7.89. The average molecular weight is 473 g/mol. The number of hydrogen-bond acceptors (Lipinski definition) is 6. The number of amides is 1. The number of benzene rings is 2. The van der Waals surface area contributed by atoms with Crippen LogP contribution in [0.5, 0.6) is 5.75 Å². The Morgan fingerprint density at radius 3 is 2.36 bits per heavy atom. The van der Waals surface area contributed by atoms with Gasteiger partial charge in [0.05, 0.1) is 12.5 Å². The summed E-state index contributed by atoms with van der Waals surface area (Å²) < 4.78 is 38.3. The standard InChI is InChI=1S/C24H28N2O6S/c1-31-20-11-10-19(16-21(20)33(29,30)26-14-6-3-7-15-26)25-22(27)17-32-23(28)24(12-13-24)18-8-4-2-5-9-18/h2,4-5,8-11,16H,3,6-7,12-15,17H2,1H3,(H,25,27). The number of hydrogen-bond donors (Lipinski definition) is 1. The Morgan fingerprint density at radius 2 is 1.73 bits per heavy atom. The molecule has 0 aromatic heterocycles. The fraction of sp³-hybridized carbons (Fsp3) is 0.417. The Hall–Kier alpha value is -2.91. The van der Waals surface area contributed by atoms with Gasteiger partial charge in [-0.15, -0.1) is 0 Å². The van der Waals surface area contributed by atoms with Crippen LogP contribution in [0.25, 0.3) is 0 Å². The molecule has 2 aromatic rings. The lowest BCUT2D eigenvalue weighted by molar-refractivity contribution is -0.150. The number of anilines is 1. The highest BCUT2D eigenvalue weighted by atomic mass is 32.2.